The molecular weight excluding hydrogens is 789 g/mol. The molecule has 12 rings (SSSR count). The van der Waals surface area contributed by atoms with Gasteiger partial charge in [0.05, 0.1) is 5.41 Å². The first-order valence-corrected chi connectivity index (χ1v) is 26.1. The number of fused-ring (bicyclic) bond motifs is 10. The standard InChI is InChI=1S/C61H44Si2/c1-7-23-45(24-8-1)62(46-25-9-2-10-26-46,47-27-11-3-12-28-47)51-39-41-55-53-35-19-21-37-57(53)61(59(55)43-51)58-38-22-20-36-54(58)56-42-40-52(44-60(56)61)63(48-29-13-4-14-30-48,49-31-15-5-16-32-49)50-33-17-6-18-34-50/h1-44H. The monoisotopic (exact) mass is 832 g/mol. The Hall–Kier alpha value is -7.37. The highest BCUT2D eigenvalue weighted by molar-refractivity contribution is 7.20. The summed E-state index contributed by atoms with van der Waals surface area (Å²) in [7, 11) is -5.73. The van der Waals surface area contributed by atoms with E-state index in [1.165, 1.54) is 86.0 Å². The van der Waals surface area contributed by atoms with Crippen molar-refractivity contribution in [1.82, 2.24) is 0 Å². The minimum Gasteiger partial charge on any atom is -0.0623 e. The fraction of sp³-hybridized carbons (Fsp3) is 0.0164. The summed E-state index contributed by atoms with van der Waals surface area (Å²) in [6.07, 6.45) is 0. The molecule has 0 unspecified atom stereocenters. The quantitative estimate of drug-likeness (QED) is 0.106. The van der Waals surface area contributed by atoms with Gasteiger partial charge in [0.25, 0.3) is 0 Å². The maximum Gasteiger partial charge on any atom is 0.179 e. The Labute approximate surface area is 372 Å². The zero-order valence-corrected chi connectivity index (χ0v) is 36.9. The van der Waals surface area contributed by atoms with Crippen LogP contribution in [0.25, 0.3) is 22.3 Å². The van der Waals surface area contributed by atoms with Gasteiger partial charge in [0, 0.05) is 0 Å². The highest BCUT2D eigenvalue weighted by Gasteiger charge is 2.54. The van der Waals surface area contributed by atoms with Crippen molar-refractivity contribution in [2.75, 3.05) is 0 Å². The van der Waals surface area contributed by atoms with Crippen molar-refractivity contribution in [2.24, 2.45) is 0 Å². The second-order valence-electron chi connectivity index (χ2n) is 17.1. The van der Waals surface area contributed by atoms with E-state index in [9.17, 15) is 0 Å². The smallest absolute Gasteiger partial charge is 0.0623 e. The van der Waals surface area contributed by atoms with Crippen molar-refractivity contribution in [3.05, 3.63) is 289 Å². The largest absolute Gasteiger partial charge is 0.179 e. The second-order valence-corrected chi connectivity index (χ2v) is 24.7. The second kappa shape index (κ2) is 14.9. The molecule has 296 valence electrons. The number of rotatable bonds is 8. The van der Waals surface area contributed by atoms with Gasteiger partial charge < -0.3 is 0 Å². The molecule has 2 aliphatic rings. The van der Waals surface area contributed by atoms with E-state index in [1.54, 1.807) is 0 Å². The molecule has 0 aromatic heterocycles. The number of hydrogen-bond acceptors (Lipinski definition) is 0. The number of hydrogen-bond donors (Lipinski definition) is 0. The summed E-state index contributed by atoms with van der Waals surface area (Å²) in [5.41, 5.74) is 10.2. The SMILES string of the molecule is c1ccc([Si](c2ccccc2)(c2ccccc2)c2ccc3c(c2)C2(c4ccccc4-3)c3ccccc3-c3ccc([Si](c4ccccc4)(c4ccccc4)c4ccccc4)cc32)cc1. The molecule has 0 heterocycles. The molecular formula is C61H44Si2. The van der Waals surface area contributed by atoms with Gasteiger partial charge >= 0.3 is 0 Å². The lowest BCUT2D eigenvalue weighted by Gasteiger charge is -2.37. The highest BCUT2D eigenvalue weighted by atomic mass is 28.3. The first-order chi connectivity index (χ1) is 31.3. The van der Waals surface area contributed by atoms with Crippen molar-refractivity contribution < 1.29 is 0 Å². The van der Waals surface area contributed by atoms with Crippen LogP contribution < -0.4 is 41.5 Å². The maximum absolute atomic E-state index is 2.86. The van der Waals surface area contributed by atoms with Gasteiger partial charge in [-0.25, -0.2) is 0 Å². The van der Waals surface area contributed by atoms with Crippen LogP contribution in [0.15, 0.2) is 267 Å². The zero-order chi connectivity index (χ0) is 41.9. The first kappa shape index (κ1) is 37.4. The van der Waals surface area contributed by atoms with Gasteiger partial charge in [-0.2, -0.15) is 0 Å². The van der Waals surface area contributed by atoms with Crippen LogP contribution in [-0.4, -0.2) is 16.1 Å². The van der Waals surface area contributed by atoms with E-state index in [0.29, 0.717) is 0 Å². The van der Waals surface area contributed by atoms with E-state index in [1.807, 2.05) is 0 Å². The third-order valence-electron chi connectivity index (χ3n) is 14.2. The van der Waals surface area contributed by atoms with Gasteiger partial charge in [0.1, 0.15) is 0 Å². The molecule has 1 spiro atoms. The normalized spacial score (nSPS) is 13.2. The molecule has 0 bridgehead atoms. The third kappa shape index (κ3) is 5.32. The van der Waals surface area contributed by atoms with Gasteiger partial charge in [-0.3, -0.25) is 0 Å². The maximum atomic E-state index is 2.66. The predicted octanol–water partition coefficient (Wildman–Crippen LogP) is 8.78. The molecule has 0 saturated heterocycles. The molecule has 0 nitrogen and oxygen atoms in total. The molecule has 0 radical (unpaired) electrons. The lowest BCUT2D eigenvalue weighted by molar-refractivity contribution is 0.795. The average Bonchev–Trinajstić information content (AvgIpc) is 3.83. The van der Waals surface area contributed by atoms with Crippen LogP contribution in [0.5, 0.6) is 0 Å². The minimum atomic E-state index is -2.86. The van der Waals surface area contributed by atoms with E-state index in [0.717, 1.165) is 0 Å². The Bertz CT molecular complexity index is 2840. The van der Waals surface area contributed by atoms with Crippen molar-refractivity contribution in [3.8, 4) is 22.3 Å². The molecule has 10 aromatic carbocycles. The van der Waals surface area contributed by atoms with E-state index < -0.39 is 21.6 Å². The van der Waals surface area contributed by atoms with Gasteiger partial charge in [0.2, 0.25) is 0 Å². The van der Waals surface area contributed by atoms with E-state index in [2.05, 4.69) is 267 Å². The average molecular weight is 833 g/mol. The fourth-order valence-electron chi connectivity index (χ4n) is 11.7. The summed E-state index contributed by atoms with van der Waals surface area (Å²) in [6.45, 7) is 0. The summed E-state index contributed by atoms with van der Waals surface area (Å²) in [6, 6.07) is 102. The van der Waals surface area contributed by atoms with Crippen molar-refractivity contribution in [2.45, 2.75) is 5.41 Å². The summed E-state index contributed by atoms with van der Waals surface area (Å²) in [5.74, 6) is 0. The first-order valence-electron chi connectivity index (χ1n) is 22.1. The Morgan fingerprint density at radius 1 is 0.190 bits per heavy atom. The van der Waals surface area contributed by atoms with Crippen molar-refractivity contribution >= 4 is 57.6 Å². The molecule has 2 heteroatoms. The van der Waals surface area contributed by atoms with Crippen LogP contribution in [-0.2, 0) is 5.41 Å². The van der Waals surface area contributed by atoms with Crippen molar-refractivity contribution in [3.63, 3.8) is 0 Å². The molecule has 0 aliphatic heterocycles. The molecule has 0 amide bonds. The molecule has 0 N–H and O–H groups in total. The van der Waals surface area contributed by atoms with Crippen LogP contribution in [0.4, 0.5) is 0 Å². The molecule has 63 heavy (non-hydrogen) atoms. The molecule has 0 fully saturated rings. The summed E-state index contributed by atoms with van der Waals surface area (Å²) >= 11 is 0. The van der Waals surface area contributed by atoms with Crippen LogP contribution in [0.2, 0.25) is 0 Å². The highest BCUT2D eigenvalue weighted by Crippen LogP contribution is 2.62. The van der Waals surface area contributed by atoms with Crippen LogP contribution in [0.3, 0.4) is 0 Å². The van der Waals surface area contributed by atoms with Crippen molar-refractivity contribution in [1.29, 1.82) is 0 Å². The Morgan fingerprint density at radius 2 is 0.429 bits per heavy atom. The van der Waals surface area contributed by atoms with E-state index >= 15 is 0 Å². The van der Waals surface area contributed by atoms with Crippen LogP contribution in [0, 0.1) is 0 Å². The zero-order valence-electron chi connectivity index (χ0n) is 34.9. The topological polar surface area (TPSA) is 0 Å². The van der Waals surface area contributed by atoms with E-state index in [4.69, 9.17) is 0 Å². The molecule has 10 aromatic rings. The number of benzene rings is 10. The lowest BCUT2D eigenvalue weighted by atomic mass is 9.70. The van der Waals surface area contributed by atoms with Gasteiger partial charge in [-0.15, -0.1) is 0 Å². The third-order valence-corrected chi connectivity index (χ3v) is 23.7. The van der Waals surface area contributed by atoms with Gasteiger partial charge in [-0.05, 0) is 86.0 Å². The van der Waals surface area contributed by atoms with Crippen LogP contribution >= 0.6 is 0 Å². The Balaban J connectivity index is 1.21. The molecule has 0 saturated carbocycles. The molecule has 0 atom stereocenters. The summed E-state index contributed by atoms with van der Waals surface area (Å²) < 4.78 is 0. The summed E-state index contributed by atoms with van der Waals surface area (Å²) in [5, 5.41) is 11.1. The predicted molar refractivity (Wildman–Crippen MR) is 270 cm³/mol. The van der Waals surface area contributed by atoms with Gasteiger partial charge in [0.15, 0.2) is 16.1 Å². The van der Waals surface area contributed by atoms with Gasteiger partial charge in [-0.1, -0.05) is 267 Å². The lowest BCUT2D eigenvalue weighted by Crippen LogP contribution is -2.75. The fourth-order valence-corrected chi connectivity index (χ4v) is 21.3. The molecule has 2 aliphatic carbocycles. The Morgan fingerprint density at radius 3 is 0.714 bits per heavy atom. The summed E-state index contributed by atoms with van der Waals surface area (Å²) in [4.78, 5) is 0. The minimum absolute atomic E-state index is 0.543. The van der Waals surface area contributed by atoms with Crippen LogP contribution in [0.1, 0.15) is 22.3 Å². The Kier molecular flexibility index (Phi) is 8.86. The van der Waals surface area contributed by atoms with E-state index in [-0.39, 0.29) is 0 Å².